The predicted molar refractivity (Wildman–Crippen MR) is 93.5 cm³/mol. The van der Waals surface area contributed by atoms with E-state index < -0.39 is 11.7 Å². The number of aryl methyl sites for hydroxylation is 1. The Morgan fingerprint density at radius 3 is 2.04 bits per heavy atom. The molecule has 0 radical (unpaired) electrons. The molecule has 0 unspecified atom stereocenters. The predicted octanol–water partition coefficient (Wildman–Crippen LogP) is 6.17. The number of rotatable bonds is 2. The second-order valence-electron chi connectivity index (χ2n) is 5.65. The van der Waals surface area contributed by atoms with Crippen molar-refractivity contribution < 1.29 is 17.7 Å². The van der Waals surface area contributed by atoms with Crippen molar-refractivity contribution in [3.63, 3.8) is 0 Å². The summed E-state index contributed by atoms with van der Waals surface area (Å²) in [6, 6.07) is 12.3. The van der Waals surface area contributed by atoms with Crippen molar-refractivity contribution >= 4 is 23.2 Å². The van der Waals surface area contributed by atoms with Gasteiger partial charge in [0.05, 0.1) is 21.7 Å². The smallest absolute Gasteiger partial charge is 0.207 e. The van der Waals surface area contributed by atoms with E-state index in [0.717, 1.165) is 23.3 Å². The minimum Gasteiger partial charge on any atom is -0.207 e. The van der Waals surface area contributed by atoms with Gasteiger partial charge in [-0.05, 0) is 35.4 Å². The zero-order chi connectivity index (χ0) is 18.2. The summed E-state index contributed by atoms with van der Waals surface area (Å²) in [6.07, 6.45) is -0.877. The molecule has 1 nitrogen and oxygen atoms in total. The van der Waals surface area contributed by atoms with Gasteiger partial charge in [-0.1, -0.05) is 47.5 Å². The minimum absolute atomic E-state index is 0.389. The second kappa shape index (κ2) is 6.70. The highest BCUT2D eigenvalue weighted by Crippen LogP contribution is 2.37. The molecule has 1 aromatic heterocycles. The van der Waals surface area contributed by atoms with Gasteiger partial charge in [-0.2, -0.15) is 13.2 Å². The topological polar surface area (TPSA) is 3.88 Å². The molecule has 0 spiro atoms. The number of nitrogens with zero attached hydrogens (tertiary/aromatic N) is 1. The van der Waals surface area contributed by atoms with Crippen LogP contribution in [0.1, 0.15) is 5.56 Å². The quantitative estimate of drug-likeness (QED) is 0.466. The summed E-state index contributed by atoms with van der Waals surface area (Å²) in [5.74, 6) is 0. The van der Waals surface area contributed by atoms with E-state index >= 15 is 0 Å². The van der Waals surface area contributed by atoms with E-state index in [-0.39, 0.29) is 0 Å². The molecule has 0 atom stereocenters. The first-order valence-electron chi connectivity index (χ1n) is 7.38. The molecule has 0 bridgehead atoms. The number of aromatic nitrogens is 1. The Balaban J connectivity index is 2.17. The fraction of sp³-hybridized carbons (Fsp3) is 0.105. The Bertz CT molecular complexity index is 919. The van der Waals surface area contributed by atoms with Crippen molar-refractivity contribution in [3.05, 3.63) is 76.5 Å². The fourth-order valence-electron chi connectivity index (χ4n) is 2.60. The zero-order valence-corrected chi connectivity index (χ0v) is 14.6. The van der Waals surface area contributed by atoms with Gasteiger partial charge in [-0.25, -0.2) is 4.57 Å². The largest absolute Gasteiger partial charge is 0.416 e. The van der Waals surface area contributed by atoms with Gasteiger partial charge in [-0.3, -0.25) is 0 Å². The summed E-state index contributed by atoms with van der Waals surface area (Å²) >= 11 is 12.4. The lowest BCUT2D eigenvalue weighted by Crippen LogP contribution is -2.27. The van der Waals surface area contributed by atoms with Crippen molar-refractivity contribution in [2.75, 3.05) is 0 Å². The Labute approximate surface area is 153 Å². The fourth-order valence-corrected chi connectivity index (χ4v) is 3.04. The first kappa shape index (κ1) is 17.8. The van der Waals surface area contributed by atoms with Gasteiger partial charge in [0.2, 0.25) is 0 Å². The van der Waals surface area contributed by atoms with Crippen molar-refractivity contribution in [3.8, 4) is 22.3 Å². The summed E-state index contributed by atoms with van der Waals surface area (Å²) in [5.41, 5.74) is 1.78. The maximum Gasteiger partial charge on any atom is 0.416 e. The molecular formula is C19H13Cl2F3N+. The number of halogens is 5. The molecule has 0 N–H and O–H groups in total. The summed E-state index contributed by atoms with van der Waals surface area (Å²) < 4.78 is 40.8. The van der Waals surface area contributed by atoms with Crippen LogP contribution in [0, 0.1) is 0 Å². The van der Waals surface area contributed by atoms with Crippen LogP contribution in [0.5, 0.6) is 0 Å². The SMILES string of the molecule is C[n+]1cc(-c2ccc(Cl)cc2)c(Cl)c(-c2cccc(C(F)(F)F)c2)c1. The monoisotopic (exact) mass is 382 g/mol. The van der Waals surface area contributed by atoms with Crippen LogP contribution < -0.4 is 4.57 Å². The van der Waals surface area contributed by atoms with Gasteiger partial charge < -0.3 is 0 Å². The van der Waals surface area contributed by atoms with Crippen molar-refractivity contribution in [2.45, 2.75) is 6.18 Å². The standard InChI is InChI=1S/C19H13Cl2F3N/c1-25-10-16(12-5-7-15(20)8-6-12)18(21)17(11-25)13-3-2-4-14(9-13)19(22,23)24/h2-11H,1H3/q+1. The van der Waals surface area contributed by atoms with Gasteiger partial charge in [0.25, 0.3) is 0 Å². The molecular weight excluding hydrogens is 370 g/mol. The van der Waals surface area contributed by atoms with Gasteiger partial charge >= 0.3 is 6.18 Å². The van der Waals surface area contributed by atoms with Crippen molar-refractivity contribution in [2.24, 2.45) is 7.05 Å². The third-order valence-corrected chi connectivity index (χ3v) is 4.45. The van der Waals surface area contributed by atoms with Crippen LogP contribution in [0.25, 0.3) is 22.3 Å². The van der Waals surface area contributed by atoms with E-state index in [1.54, 1.807) is 36.0 Å². The van der Waals surface area contributed by atoms with Crippen molar-refractivity contribution in [1.29, 1.82) is 0 Å². The Hall–Kier alpha value is -2.04. The lowest BCUT2D eigenvalue weighted by molar-refractivity contribution is -0.670. The molecule has 0 aliphatic heterocycles. The van der Waals surface area contributed by atoms with E-state index in [1.807, 2.05) is 18.3 Å². The molecule has 128 valence electrons. The highest BCUT2D eigenvalue weighted by Gasteiger charge is 2.31. The van der Waals surface area contributed by atoms with Crippen molar-refractivity contribution in [1.82, 2.24) is 0 Å². The lowest BCUT2D eigenvalue weighted by Gasteiger charge is -2.11. The maximum absolute atomic E-state index is 13.0. The second-order valence-corrected chi connectivity index (χ2v) is 6.46. The summed E-state index contributed by atoms with van der Waals surface area (Å²) in [6.45, 7) is 0. The number of hydrogen-bond donors (Lipinski definition) is 0. The molecule has 0 aliphatic rings. The van der Waals surface area contributed by atoms with E-state index in [1.165, 1.54) is 6.07 Å². The molecule has 0 fully saturated rings. The summed E-state index contributed by atoms with van der Waals surface area (Å²) in [4.78, 5) is 0. The molecule has 0 aliphatic carbocycles. The number of pyridine rings is 1. The van der Waals surface area contributed by atoms with E-state index in [9.17, 15) is 13.2 Å². The maximum atomic E-state index is 13.0. The number of alkyl halides is 3. The van der Waals surface area contributed by atoms with E-state index in [4.69, 9.17) is 23.2 Å². The average Bonchev–Trinajstić information content (AvgIpc) is 2.57. The molecule has 25 heavy (non-hydrogen) atoms. The Morgan fingerprint density at radius 1 is 0.840 bits per heavy atom. The third kappa shape index (κ3) is 3.80. The van der Waals surface area contributed by atoms with Crippen LogP contribution in [0.4, 0.5) is 13.2 Å². The van der Waals surface area contributed by atoms with Gasteiger partial charge in [0, 0.05) is 5.02 Å². The molecule has 3 aromatic rings. The van der Waals surface area contributed by atoms with E-state index in [2.05, 4.69) is 0 Å². The molecule has 0 amide bonds. The van der Waals surface area contributed by atoms with Gasteiger partial charge in [0.15, 0.2) is 12.4 Å². The summed E-state index contributed by atoms with van der Waals surface area (Å²) in [5, 5.41) is 0.984. The molecule has 0 saturated heterocycles. The molecule has 6 heteroatoms. The Kier molecular flexibility index (Phi) is 4.76. The molecule has 1 heterocycles. The van der Waals surface area contributed by atoms with Gasteiger partial charge in [0.1, 0.15) is 7.05 Å². The lowest BCUT2D eigenvalue weighted by atomic mass is 10.00. The normalized spacial score (nSPS) is 11.6. The van der Waals surface area contributed by atoms with Gasteiger partial charge in [-0.15, -0.1) is 0 Å². The molecule has 0 saturated carbocycles. The van der Waals surface area contributed by atoms with E-state index in [0.29, 0.717) is 21.2 Å². The molecule has 2 aromatic carbocycles. The van der Waals surface area contributed by atoms with Crippen LogP contribution in [0.15, 0.2) is 60.9 Å². The third-order valence-electron chi connectivity index (χ3n) is 3.79. The summed E-state index contributed by atoms with van der Waals surface area (Å²) in [7, 11) is 1.80. The average molecular weight is 383 g/mol. The van der Waals surface area contributed by atoms with Crippen LogP contribution in [-0.4, -0.2) is 0 Å². The minimum atomic E-state index is -4.40. The molecule has 3 rings (SSSR count). The van der Waals surface area contributed by atoms with Crippen LogP contribution in [0.2, 0.25) is 10.0 Å². The van der Waals surface area contributed by atoms with Crippen LogP contribution in [-0.2, 0) is 13.2 Å². The van der Waals surface area contributed by atoms with Crippen LogP contribution >= 0.6 is 23.2 Å². The zero-order valence-electron chi connectivity index (χ0n) is 13.1. The first-order chi connectivity index (χ1) is 11.8. The highest BCUT2D eigenvalue weighted by atomic mass is 35.5. The first-order valence-corrected chi connectivity index (χ1v) is 8.13. The number of hydrogen-bond acceptors (Lipinski definition) is 0. The van der Waals surface area contributed by atoms with Crippen LogP contribution in [0.3, 0.4) is 0 Å². The Morgan fingerprint density at radius 2 is 1.44 bits per heavy atom. The number of benzene rings is 2. The highest BCUT2D eigenvalue weighted by molar-refractivity contribution is 6.36.